The zero-order chi connectivity index (χ0) is 32.5. The Morgan fingerprint density at radius 2 is 1.96 bits per heavy atom. The Kier molecular flexibility index (Phi) is 9.60. The summed E-state index contributed by atoms with van der Waals surface area (Å²) in [6.07, 6.45) is 4.39. The van der Waals surface area contributed by atoms with Gasteiger partial charge < -0.3 is 29.6 Å². The second-order valence-corrected chi connectivity index (χ2v) is 12.8. The van der Waals surface area contributed by atoms with E-state index in [0.717, 1.165) is 31.8 Å². The molecule has 0 radical (unpaired) electrons. The molecule has 236 valence electrons. The minimum atomic E-state index is -1.75. The van der Waals surface area contributed by atoms with Gasteiger partial charge in [0.1, 0.15) is 5.75 Å². The Labute approximate surface area is 275 Å². The highest BCUT2D eigenvalue weighted by molar-refractivity contribution is 9.10. The van der Waals surface area contributed by atoms with Crippen molar-refractivity contribution in [2.24, 2.45) is 17.8 Å². The van der Waals surface area contributed by atoms with Crippen LogP contribution in [0.5, 0.6) is 5.75 Å². The SMILES string of the molecule is COCC1=C2[C@@H](CC/C(=C/c3cc(Br)ccc3O)c3ccccn3)OB(O)C[C@@H]2[C@@H]2C(=O)N(c3cccc(B(O)O)c3)C(=O)[C@@H]2C1. The van der Waals surface area contributed by atoms with Crippen LogP contribution in [0.1, 0.15) is 30.5 Å². The molecule has 0 saturated carbocycles. The molecule has 3 heterocycles. The van der Waals surface area contributed by atoms with Crippen molar-refractivity contribution in [3.8, 4) is 5.75 Å². The summed E-state index contributed by atoms with van der Waals surface area (Å²) < 4.78 is 12.5. The number of phenols is 1. The summed E-state index contributed by atoms with van der Waals surface area (Å²) in [4.78, 5) is 33.5. The van der Waals surface area contributed by atoms with Gasteiger partial charge in [-0.3, -0.25) is 19.5 Å². The highest BCUT2D eigenvalue weighted by Crippen LogP contribution is 2.51. The highest BCUT2D eigenvalue weighted by atomic mass is 79.9. The van der Waals surface area contributed by atoms with Crippen molar-refractivity contribution >= 4 is 64.8 Å². The Morgan fingerprint density at radius 3 is 2.70 bits per heavy atom. The van der Waals surface area contributed by atoms with E-state index in [2.05, 4.69) is 20.9 Å². The van der Waals surface area contributed by atoms with E-state index in [4.69, 9.17) is 9.39 Å². The van der Waals surface area contributed by atoms with E-state index in [1.165, 1.54) is 12.1 Å². The third-order valence-electron chi connectivity index (χ3n) is 9.04. The second kappa shape index (κ2) is 13.6. The van der Waals surface area contributed by atoms with Gasteiger partial charge in [0, 0.05) is 23.3 Å². The number of aromatic hydroxyl groups is 1. The monoisotopic (exact) mass is 686 g/mol. The summed E-state index contributed by atoms with van der Waals surface area (Å²) in [5.41, 5.74) is 4.39. The largest absolute Gasteiger partial charge is 0.507 e. The molecule has 4 N–H and O–H groups in total. The topological polar surface area (TPSA) is 150 Å². The van der Waals surface area contributed by atoms with Gasteiger partial charge in [-0.2, -0.15) is 0 Å². The van der Waals surface area contributed by atoms with Crippen molar-refractivity contribution < 1.29 is 39.2 Å². The van der Waals surface area contributed by atoms with E-state index < -0.39 is 38.1 Å². The lowest BCUT2D eigenvalue weighted by Crippen LogP contribution is -2.46. The van der Waals surface area contributed by atoms with Crippen LogP contribution >= 0.6 is 15.9 Å². The number of nitrogens with zero attached hydrogens (tertiary/aromatic N) is 2. The zero-order valence-corrected chi connectivity index (χ0v) is 26.7. The number of anilines is 1. The number of benzene rings is 2. The number of pyridine rings is 1. The van der Waals surface area contributed by atoms with Gasteiger partial charge in [-0.05, 0) is 102 Å². The van der Waals surface area contributed by atoms with Crippen LogP contribution in [0.25, 0.3) is 11.6 Å². The molecule has 1 aliphatic carbocycles. The fourth-order valence-corrected chi connectivity index (χ4v) is 7.47. The summed E-state index contributed by atoms with van der Waals surface area (Å²) in [5, 5.41) is 40.9. The van der Waals surface area contributed by atoms with Gasteiger partial charge in [0.25, 0.3) is 0 Å². The number of hydrogen-bond acceptors (Lipinski definition) is 9. The van der Waals surface area contributed by atoms with Crippen LogP contribution in [0.15, 0.2) is 82.5 Å². The van der Waals surface area contributed by atoms with Crippen LogP contribution in [0.3, 0.4) is 0 Å². The molecule has 0 spiro atoms. The van der Waals surface area contributed by atoms with E-state index in [1.54, 1.807) is 37.6 Å². The molecule has 2 saturated heterocycles. The lowest BCUT2D eigenvalue weighted by Gasteiger charge is -2.43. The predicted molar refractivity (Wildman–Crippen MR) is 178 cm³/mol. The molecule has 2 amide bonds. The Balaban J connectivity index is 1.33. The number of rotatable bonds is 9. The first-order valence-electron chi connectivity index (χ1n) is 15.1. The average molecular weight is 687 g/mol. The lowest BCUT2D eigenvalue weighted by molar-refractivity contribution is -0.122. The lowest BCUT2D eigenvalue weighted by atomic mass is 9.58. The summed E-state index contributed by atoms with van der Waals surface area (Å²) >= 11 is 3.47. The van der Waals surface area contributed by atoms with Crippen molar-refractivity contribution in [1.29, 1.82) is 0 Å². The van der Waals surface area contributed by atoms with Crippen molar-refractivity contribution in [3.05, 3.63) is 93.7 Å². The van der Waals surface area contributed by atoms with Crippen molar-refractivity contribution in [2.45, 2.75) is 31.7 Å². The number of phenolic OH excluding ortho intramolecular Hbond substituents is 1. The quantitative estimate of drug-likeness (QED) is 0.151. The summed E-state index contributed by atoms with van der Waals surface area (Å²) in [5.74, 6) is -2.44. The number of carbonyl (C=O) groups is 2. The molecule has 0 unspecified atom stereocenters. The van der Waals surface area contributed by atoms with Gasteiger partial charge in [-0.1, -0.05) is 34.1 Å². The maximum Gasteiger partial charge on any atom is 0.488 e. The van der Waals surface area contributed by atoms with Crippen LogP contribution in [0, 0.1) is 17.8 Å². The maximum atomic E-state index is 14.0. The number of amides is 2. The number of imide groups is 1. The standard InChI is InChI=1S/C33H33B2BrN2O8/c1-45-18-21-15-25-31(33(41)38(32(25)40)24-6-4-5-22(16-24)35(43)44)26-17-34(42)46-29(30(21)26)11-8-19(27-7-2-3-12-37-27)13-20-14-23(36)9-10-28(20)39/h2-7,9-10,12-14,16,25-26,29,31,39,42-44H,8,11,15,17-18H2,1H3/b19-13-/t25-,26+,29-,31-/m1/s1. The molecule has 2 aromatic carbocycles. The number of hydrogen-bond donors (Lipinski definition) is 4. The first kappa shape index (κ1) is 32.4. The van der Waals surface area contributed by atoms with E-state index in [9.17, 15) is 29.8 Å². The van der Waals surface area contributed by atoms with Gasteiger partial charge in [-0.25, -0.2) is 0 Å². The smallest absolute Gasteiger partial charge is 0.488 e. The molecule has 6 rings (SSSR count). The number of allylic oxidation sites excluding steroid dienone is 1. The third kappa shape index (κ3) is 6.35. The van der Waals surface area contributed by atoms with E-state index in [-0.39, 0.29) is 41.6 Å². The maximum absolute atomic E-state index is 14.0. The molecular weight excluding hydrogens is 654 g/mol. The first-order chi connectivity index (χ1) is 22.2. The normalized spacial score (nSPS) is 23.1. The summed E-state index contributed by atoms with van der Waals surface area (Å²) in [6.45, 7) is 0.244. The average Bonchev–Trinajstić information content (AvgIpc) is 3.30. The number of carbonyl (C=O) groups excluding carboxylic acids is 2. The zero-order valence-electron chi connectivity index (χ0n) is 25.1. The molecule has 2 aliphatic heterocycles. The van der Waals surface area contributed by atoms with Gasteiger partial charge in [0.05, 0.1) is 35.9 Å². The first-order valence-corrected chi connectivity index (χ1v) is 15.9. The van der Waals surface area contributed by atoms with Gasteiger partial charge in [0.15, 0.2) is 0 Å². The van der Waals surface area contributed by atoms with Crippen LogP contribution in [-0.2, 0) is 19.0 Å². The molecule has 2 fully saturated rings. The molecular formula is C33H33B2BrN2O8. The molecule has 46 heavy (non-hydrogen) atoms. The van der Waals surface area contributed by atoms with Crippen LogP contribution in [0.2, 0.25) is 6.32 Å². The van der Waals surface area contributed by atoms with E-state index >= 15 is 0 Å². The Bertz CT molecular complexity index is 1700. The molecule has 3 aliphatic rings. The van der Waals surface area contributed by atoms with E-state index in [1.807, 2.05) is 30.3 Å². The fourth-order valence-electron chi connectivity index (χ4n) is 7.09. The van der Waals surface area contributed by atoms with Crippen molar-refractivity contribution in [2.75, 3.05) is 18.6 Å². The fraction of sp³-hybridized carbons (Fsp3) is 0.303. The number of halogens is 1. The molecule has 1 aromatic heterocycles. The number of ether oxygens (including phenoxy) is 1. The van der Waals surface area contributed by atoms with Crippen LogP contribution in [0.4, 0.5) is 5.69 Å². The Hall–Kier alpha value is -3.58. The minimum Gasteiger partial charge on any atom is -0.507 e. The van der Waals surface area contributed by atoms with Crippen molar-refractivity contribution in [1.82, 2.24) is 4.98 Å². The van der Waals surface area contributed by atoms with Crippen LogP contribution < -0.4 is 10.4 Å². The molecule has 0 bridgehead atoms. The Morgan fingerprint density at radius 1 is 1.13 bits per heavy atom. The molecule has 13 heteroatoms. The van der Waals surface area contributed by atoms with Crippen LogP contribution in [-0.4, -0.2) is 71.0 Å². The van der Waals surface area contributed by atoms with Gasteiger partial charge in [-0.15, -0.1) is 0 Å². The molecule has 10 nitrogen and oxygen atoms in total. The second-order valence-electron chi connectivity index (χ2n) is 11.9. The van der Waals surface area contributed by atoms with Crippen molar-refractivity contribution in [3.63, 3.8) is 0 Å². The molecule has 4 atom stereocenters. The minimum absolute atomic E-state index is 0.123. The van der Waals surface area contributed by atoms with E-state index in [0.29, 0.717) is 24.8 Å². The molecule has 3 aromatic rings. The van der Waals surface area contributed by atoms with Gasteiger partial charge in [0.2, 0.25) is 11.8 Å². The highest BCUT2D eigenvalue weighted by Gasteiger charge is 2.57. The number of fused-ring (bicyclic) bond motifs is 3. The number of methoxy groups -OCH3 is 1. The summed E-state index contributed by atoms with van der Waals surface area (Å²) in [7, 11) is -1.32. The van der Waals surface area contributed by atoms with Gasteiger partial charge >= 0.3 is 14.2 Å². The third-order valence-corrected chi connectivity index (χ3v) is 9.54. The predicted octanol–water partition coefficient (Wildman–Crippen LogP) is 3.20. The number of aromatic nitrogens is 1. The summed E-state index contributed by atoms with van der Waals surface area (Å²) in [6, 6.07) is 16.9.